The number of hydrogen-bond acceptors (Lipinski definition) is 4. The van der Waals surface area contributed by atoms with Crippen LogP contribution >= 0.6 is 0 Å². The highest BCUT2D eigenvalue weighted by Gasteiger charge is 2.26. The molecule has 1 unspecified atom stereocenters. The number of aliphatic hydroxyl groups is 1. The normalized spacial score (nSPS) is 18.6. The van der Waals surface area contributed by atoms with Gasteiger partial charge in [-0.05, 0) is 36.6 Å². The third kappa shape index (κ3) is 6.20. The van der Waals surface area contributed by atoms with E-state index < -0.39 is 0 Å². The highest BCUT2D eigenvalue weighted by atomic mass is 16.5. The fourth-order valence-electron chi connectivity index (χ4n) is 3.75. The minimum atomic E-state index is 0.234. The number of benzene rings is 2. The maximum absolute atomic E-state index is 9.53. The van der Waals surface area contributed by atoms with Crippen LogP contribution < -0.4 is 4.74 Å². The number of rotatable bonds is 9. The Labute approximate surface area is 169 Å². The van der Waals surface area contributed by atoms with Gasteiger partial charge in [-0.25, -0.2) is 0 Å². The van der Waals surface area contributed by atoms with Gasteiger partial charge in [0.1, 0.15) is 5.75 Å². The molecule has 1 saturated heterocycles. The summed E-state index contributed by atoms with van der Waals surface area (Å²) < 4.78 is 5.53. The van der Waals surface area contributed by atoms with Gasteiger partial charge in [0.15, 0.2) is 0 Å². The Kier molecular flexibility index (Phi) is 8.09. The van der Waals surface area contributed by atoms with Crippen molar-refractivity contribution in [2.24, 2.45) is 0 Å². The molecule has 4 nitrogen and oxygen atoms in total. The smallest absolute Gasteiger partial charge is 0.119 e. The molecule has 28 heavy (non-hydrogen) atoms. The molecule has 0 aliphatic carbocycles. The molecule has 0 spiro atoms. The van der Waals surface area contributed by atoms with Gasteiger partial charge in [0.25, 0.3) is 0 Å². The summed E-state index contributed by atoms with van der Waals surface area (Å²) in [5.41, 5.74) is 2.53. The minimum absolute atomic E-state index is 0.234. The van der Waals surface area contributed by atoms with Crippen molar-refractivity contribution >= 4 is 6.08 Å². The van der Waals surface area contributed by atoms with Gasteiger partial charge in [0.2, 0.25) is 0 Å². The topological polar surface area (TPSA) is 35.9 Å². The molecule has 1 fully saturated rings. The van der Waals surface area contributed by atoms with E-state index in [9.17, 15) is 5.11 Å². The number of hydrogen-bond donors (Lipinski definition) is 1. The molecule has 4 heteroatoms. The van der Waals surface area contributed by atoms with E-state index in [1.54, 1.807) is 0 Å². The van der Waals surface area contributed by atoms with Crippen molar-refractivity contribution in [1.29, 1.82) is 0 Å². The first kappa shape index (κ1) is 20.6. The van der Waals surface area contributed by atoms with Gasteiger partial charge in [-0.3, -0.25) is 9.80 Å². The number of piperazine rings is 1. The second kappa shape index (κ2) is 11.0. The second-order valence-electron chi connectivity index (χ2n) is 7.29. The van der Waals surface area contributed by atoms with Crippen LogP contribution in [0.1, 0.15) is 24.5 Å². The molecule has 0 aromatic heterocycles. The van der Waals surface area contributed by atoms with Crippen molar-refractivity contribution in [2.75, 3.05) is 39.4 Å². The van der Waals surface area contributed by atoms with Gasteiger partial charge < -0.3 is 9.84 Å². The van der Waals surface area contributed by atoms with E-state index in [0.717, 1.165) is 44.9 Å². The van der Waals surface area contributed by atoms with Gasteiger partial charge in [-0.2, -0.15) is 0 Å². The van der Waals surface area contributed by atoms with Crippen LogP contribution in [0, 0.1) is 0 Å². The van der Waals surface area contributed by atoms with Crippen LogP contribution in [0.5, 0.6) is 5.75 Å². The van der Waals surface area contributed by atoms with Crippen molar-refractivity contribution < 1.29 is 9.84 Å². The third-order valence-corrected chi connectivity index (χ3v) is 5.24. The molecular formula is C24H32N2O2. The summed E-state index contributed by atoms with van der Waals surface area (Å²) in [5.74, 6) is 0.924. The average molecular weight is 381 g/mol. The van der Waals surface area contributed by atoms with Gasteiger partial charge in [-0.1, -0.05) is 54.6 Å². The van der Waals surface area contributed by atoms with Crippen LogP contribution in [0.2, 0.25) is 0 Å². The summed E-state index contributed by atoms with van der Waals surface area (Å²) in [6, 6.07) is 19.2. The van der Waals surface area contributed by atoms with Crippen LogP contribution in [0.15, 0.2) is 60.7 Å². The molecule has 0 radical (unpaired) electrons. The largest absolute Gasteiger partial charge is 0.494 e. The van der Waals surface area contributed by atoms with Crippen molar-refractivity contribution in [2.45, 2.75) is 25.9 Å². The lowest BCUT2D eigenvalue weighted by Gasteiger charge is -2.41. The van der Waals surface area contributed by atoms with E-state index in [1.807, 2.05) is 25.1 Å². The van der Waals surface area contributed by atoms with E-state index in [1.165, 1.54) is 11.1 Å². The third-order valence-electron chi connectivity index (χ3n) is 5.24. The van der Waals surface area contributed by atoms with Crippen molar-refractivity contribution in [1.82, 2.24) is 9.80 Å². The highest BCUT2D eigenvalue weighted by molar-refractivity contribution is 5.48. The van der Waals surface area contributed by atoms with Gasteiger partial charge in [0, 0.05) is 45.4 Å². The molecule has 0 amide bonds. The highest BCUT2D eigenvalue weighted by Crippen LogP contribution is 2.19. The molecule has 1 aliphatic rings. The first-order valence-electron chi connectivity index (χ1n) is 10.3. The summed E-state index contributed by atoms with van der Waals surface area (Å²) in [5, 5.41) is 9.53. The Balaban J connectivity index is 1.54. The fraction of sp³-hybridized carbons (Fsp3) is 0.417. The SMILES string of the molecule is CCOc1ccc(CN2CCN(CC=Cc3ccccc3)CC2CCO)cc1. The van der Waals surface area contributed by atoms with Crippen LogP contribution in [0.3, 0.4) is 0 Å². The average Bonchev–Trinajstić information content (AvgIpc) is 2.72. The zero-order valence-corrected chi connectivity index (χ0v) is 16.8. The van der Waals surface area contributed by atoms with Crippen molar-refractivity contribution in [3.05, 3.63) is 71.8 Å². The molecule has 2 aromatic rings. The van der Waals surface area contributed by atoms with Crippen LogP contribution in [0.25, 0.3) is 6.08 Å². The Morgan fingerprint density at radius 1 is 1.07 bits per heavy atom. The van der Waals surface area contributed by atoms with E-state index >= 15 is 0 Å². The second-order valence-corrected chi connectivity index (χ2v) is 7.29. The number of aliphatic hydroxyl groups excluding tert-OH is 1. The minimum Gasteiger partial charge on any atom is -0.494 e. The van der Waals surface area contributed by atoms with Crippen LogP contribution in [-0.4, -0.2) is 60.3 Å². The molecule has 0 saturated carbocycles. The molecular weight excluding hydrogens is 348 g/mol. The lowest BCUT2D eigenvalue weighted by Crippen LogP contribution is -2.52. The summed E-state index contributed by atoms with van der Waals surface area (Å²) >= 11 is 0. The van der Waals surface area contributed by atoms with Crippen molar-refractivity contribution in [3.8, 4) is 5.75 Å². The zero-order valence-electron chi connectivity index (χ0n) is 16.8. The summed E-state index contributed by atoms with van der Waals surface area (Å²) in [6.07, 6.45) is 5.25. The quantitative estimate of drug-likeness (QED) is 0.720. The number of nitrogens with zero attached hydrogens (tertiary/aromatic N) is 2. The lowest BCUT2D eigenvalue weighted by atomic mass is 10.1. The van der Waals surface area contributed by atoms with Crippen LogP contribution in [0.4, 0.5) is 0 Å². The number of ether oxygens (including phenoxy) is 1. The van der Waals surface area contributed by atoms with Gasteiger partial charge >= 0.3 is 0 Å². The maximum atomic E-state index is 9.53. The molecule has 1 heterocycles. The van der Waals surface area contributed by atoms with Gasteiger partial charge in [-0.15, -0.1) is 0 Å². The van der Waals surface area contributed by atoms with Crippen molar-refractivity contribution in [3.63, 3.8) is 0 Å². The first-order chi connectivity index (χ1) is 13.8. The van der Waals surface area contributed by atoms with E-state index in [-0.39, 0.29) is 6.61 Å². The monoisotopic (exact) mass is 380 g/mol. The lowest BCUT2D eigenvalue weighted by molar-refractivity contribution is 0.0597. The van der Waals surface area contributed by atoms with E-state index in [4.69, 9.17) is 4.74 Å². The summed E-state index contributed by atoms with van der Waals surface area (Å²) in [4.78, 5) is 4.98. The molecule has 0 bridgehead atoms. The predicted molar refractivity (Wildman–Crippen MR) is 115 cm³/mol. The first-order valence-corrected chi connectivity index (χ1v) is 10.3. The molecule has 1 N–H and O–H groups in total. The molecule has 150 valence electrons. The fourth-order valence-corrected chi connectivity index (χ4v) is 3.75. The predicted octanol–water partition coefficient (Wildman–Crippen LogP) is 3.67. The zero-order chi connectivity index (χ0) is 19.6. The standard InChI is InChI=1S/C24H32N2O2/c1-2-28-24-12-10-22(11-13-24)19-26-17-16-25(20-23(26)14-18-27)15-6-9-21-7-4-3-5-8-21/h3-13,23,27H,2,14-20H2,1H3. The Morgan fingerprint density at radius 3 is 2.57 bits per heavy atom. The Bertz CT molecular complexity index is 715. The van der Waals surface area contributed by atoms with E-state index in [2.05, 4.69) is 58.4 Å². The molecule has 1 aliphatic heterocycles. The van der Waals surface area contributed by atoms with Crippen LogP contribution in [-0.2, 0) is 6.54 Å². The molecule has 3 rings (SSSR count). The Hall–Kier alpha value is -2.14. The maximum Gasteiger partial charge on any atom is 0.119 e. The van der Waals surface area contributed by atoms with Gasteiger partial charge in [0.05, 0.1) is 6.61 Å². The Morgan fingerprint density at radius 2 is 1.86 bits per heavy atom. The van der Waals surface area contributed by atoms with E-state index in [0.29, 0.717) is 12.6 Å². The molecule has 2 aromatic carbocycles. The summed E-state index contributed by atoms with van der Waals surface area (Å²) in [7, 11) is 0. The summed E-state index contributed by atoms with van der Waals surface area (Å²) in [6.45, 7) is 7.88. The molecule has 1 atom stereocenters.